The summed E-state index contributed by atoms with van der Waals surface area (Å²) in [6, 6.07) is 7.29. The third kappa shape index (κ3) is 4.69. The summed E-state index contributed by atoms with van der Waals surface area (Å²) in [6.45, 7) is 8.36. The van der Waals surface area contributed by atoms with Crippen LogP contribution in [0, 0.1) is 5.92 Å². The summed E-state index contributed by atoms with van der Waals surface area (Å²) in [4.78, 5) is 14.6. The van der Waals surface area contributed by atoms with E-state index in [-0.39, 0.29) is 11.8 Å². The van der Waals surface area contributed by atoms with Crippen molar-refractivity contribution < 1.29 is 19.4 Å². The molecule has 5 heteroatoms. The monoisotopic (exact) mass is 321 g/mol. The first-order chi connectivity index (χ1) is 10.9. The van der Waals surface area contributed by atoms with Crippen molar-refractivity contribution in [3.8, 4) is 5.75 Å². The molecule has 0 saturated carbocycles. The van der Waals surface area contributed by atoms with Gasteiger partial charge in [-0.2, -0.15) is 0 Å². The number of hydrogen-bond acceptors (Lipinski definition) is 4. The Balaban J connectivity index is 2.02. The first kappa shape index (κ1) is 17.8. The average molecular weight is 321 g/mol. The standard InChI is InChI=1S/C18H27NO4/c1-4-22-11-12-23-16-8-6-5-7-15(16)17(20)19-10-9-14(13-19)18(2,3)21/h5-8,14,21H,4,9-13H2,1-3H3. The Morgan fingerprint density at radius 2 is 2.09 bits per heavy atom. The third-order valence-electron chi connectivity index (χ3n) is 4.28. The summed E-state index contributed by atoms with van der Waals surface area (Å²) in [5.74, 6) is 0.658. The second kappa shape index (κ2) is 7.79. The maximum Gasteiger partial charge on any atom is 0.257 e. The minimum Gasteiger partial charge on any atom is -0.490 e. The van der Waals surface area contributed by atoms with Gasteiger partial charge in [-0.3, -0.25) is 4.79 Å². The van der Waals surface area contributed by atoms with Crippen molar-refractivity contribution in [2.75, 3.05) is 32.9 Å². The Morgan fingerprint density at radius 3 is 2.74 bits per heavy atom. The van der Waals surface area contributed by atoms with Crippen molar-refractivity contribution in [3.63, 3.8) is 0 Å². The molecule has 1 fully saturated rings. The van der Waals surface area contributed by atoms with Gasteiger partial charge in [-0.15, -0.1) is 0 Å². The van der Waals surface area contributed by atoms with Crippen molar-refractivity contribution >= 4 is 5.91 Å². The summed E-state index contributed by atoms with van der Waals surface area (Å²) in [7, 11) is 0. The lowest BCUT2D eigenvalue weighted by atomic mass is 9.90. The molecule has 1 aromatic rings. The predicted molar refractivity (Wildman–Crippen MR) is 88.7 cm³/mol. The van der Waals surface area contributed by atoms with Gasteiger partial charge >= 0.3 is 0 Å². The number of benzene rings is 1. The minimum absolute atomic E-state index is 0.0382. The highest BCUT2D eigenvalue weighted by Gasteiger charge is 2.36. The van der Waals surface area contributed by atoms with Crippen LogP contribution in [0.5, 0.6) is 5.75 Å². The molecule has 1 aliphatic heterocycles. The maximum atomic E-state index is 12.8. The van der Waals surface area contributed by atoms with Crippen LogP contribution in [0.4, 0.5) is 0 Å². The van der Waals surface area contributed by atoms with Gasteiger partial charge in [0.05, 0.1) is 17.8 Å². The maximum absolute atomic E-state index is 12.8. The molecule has 0 radical (unpaired) electrons. The quantitative estimate of drug-likeness (QED) is 0.783. The molecule has 23 heavy (non-hydrogen) atoms. The van der Waals surface area contributed by atoms with Crippen LogP contribution in [0.1, 0.15) is 37.6 Å². The van der Waals surface area contributed by atoms with E-state index in [2.05, 4.69) is 0 Å². The van der Waals surface area contributed by atoms with Gasteiger partial charge in [0.1, 0.15) is 12.4 Å². The fourth-order valence-corrected chi connectivity index (χ4v) is 2.82. The average Bonchev–Trinajstić information content (AvgIpc) is 3.01. The van der Waals surface area contributed by atoms with Crippen LogP contribution < -0.4 is 4.74 Å². The molecule has 0 spiro atoms. The summed E-state index contributed by atoms with van der Waals surface area (Å²) >= 11 is 0. The smallest absolute Gasteiger partial charge is 0.257 e. The van der Waals surface area contributed by atoms with E-state index in [1.807, 2.05) is 25.1 Å². The van der Waals surface area contributed by atoms with E-state index in [4.69, 9.17) is 9.47 Å². The van der Waals surface area contributed by atoms with Crippen LogP contribution in [0.3, 0.4) is 0 Å². The Hall–Kier alpha value is -1.59. The van der Waals surface area contributed by atoms with Crippen molar-refractivity contribution in [2.45, 2.75) is 32.8 Å². The van der Waals surface area contributed by atoms with Gasteiger partial charge in [0.25, 0.3) is 5.91 Å². The molecule has 1 atom stereocenters. The largest absolute Gasteiger partial charge is 0.490 e. The fraction of sp³-hybridized carbons (Fsp3) is 0.611. The van der Waals surface area contributed by atoms with Crippen LogP contribution in [0.2, 0.25) is 0 Å². The second-order valence-electron chi connectivity index (χ2n) is 6.43. The van der Waals surface area contributed by atoms with Gasteiger partial charge in [0.15, 0.2) is 0 Å². The molecule has 1 aromatic carbocycles. The van der Waals surface area contributed by atoms with Gasteiger partial charge in [-0.25, -0.2) is 0 Å². The van der Waals surface area contributed by atoms with Gasteiger partial charge in [0, 0.05) is 25.6 Å². The molecular weight excluding hydrogens is 294 g/mol. The van der Waals surface area contributed by atoms with Crippen LogP contribution in [-0.2, 0) is 4.74 Å². The molecule has 0 bridgehead atoms. The Morgan fingerprint density at radius 1 is 1.35 bits per heavy atom. The number of hydrogen-bond donors (Lipinski definition) is 1. The van der Waals surface area contributed by atoms with Crippen molar-refractivity contribution in [1.29, 1.82) is 0 Å². The Bertz CT molecular complexity index is 524. The highest BCUT2D eigenvalue weighted by Crippen LogP contribution is 2.29. The Labute approximate surface area is 138 Å². The van der Waals surface area contributed by atoms with E-state index in [9.17, 15) is 9.90 Å². The number of nitrogens with zero attached hydrogens (tertiary/aromatic N) is 1. The lowest BCUT2D eigenvalue weighted by Gasteiger charge is -2.25. The van der Waals surface area contributed by atoms with Gasteiger partial charge in [-0.1, -0.05) is 12.1 Å². The first-order valence-corrected chi connectivity index (χ1v) is 8.24. The summed E-state index contributed by atoms with van der Waals surface area (Å²) in [5, 5.41) is 10.1. The minimum atomic E-state index is -0.761. The topological polar surface area (TPSA) is 59.0 Å². The summed E-state index contributed by atoms with van der Waals surface area (Å²) in [5.41, 5.74) is -0.192. The van der Waals surface area contributed by atoms with Crippen LogP contribution in [0.25, 0.3) is 0 Å². The number of carbonyl (C=O) groups is 1. The van der Waals surface area contributed by atoms with E-state index in [1.54, 1.807) is 24.8 Å². The van der Waals surface area contributed by atoms with Crippen LogP contribution in [0.15, 0.2) is 24.3 Å². The predicted octanol–water partition coefficient (Wildman–Crippen LogP) is 2.33. The van der Waals surface area contributed by atoms with Crippen LogP contribution >= 0.6 is 0 Å². The summed E-state index contributed by atoms with van der Waals surface area (Å²) in [6.07, 6.45) is 0.822. The zero-order valence-corrected chi connectivity index (χ0v) is 14.2. The van der Waals surface area contributed by atoms with Gasteiger partial charge in [-0.05, 0) is 39.3 Å². The van der Waals surface area contributed by atoms with E-state index >= 15 is 0 Å². The lowest BCUT2D eigenvalue weighted by molar-refractivity contribution is 0.0211. The summed E-state index contributed by atoms with van der Waals surface area (Å²) < 4.78 is 11.0. The first-order valence-electron chi connectivity index (χ1n) is 8.24. The van der Waals surface area contributed by atoms with Gasteiger partial charge < -0.3 is 19.5 Å². The number of rotatable bonds is 7. The van der Waals surface area contributed by atoms with E-state index in [1.165, 1.54) is 0 Å². The van der Waals surface area contributed by atoms with E-state index < -0.39 is 5.60 Å². The Kier molecular flexibility index (Phi) is 6.02. The van der Waals surface area contributed by atoms with Crippen LogP contribution in [-0.4, -0.2) is 54.4 Å². The normalized spacial score (nSPS) is 18.3. The number of ether oxygens (including phenoxy) is 2. The van der Waals surface area contributed by atoms with Gasteiger partial charge in [0.2, 0.25) is 0 Å². The molecule has 1 N–H and O–H groups in total. The highest BCUT2D eigenvalue weighted by molar-refractivity contribution is 5.97. The molecule has 1 amide bonds. The number of amides is 1. The van der Waals surface area contributed by atoms with Crippen molar-refractivity contribution in [2.24, 2.45) is 5.92 Å². The number of likely N-dealkylation sites (tertiary alicyclic amines) is 1. The molecule has 5 nitrogen and oxygen atoms in total. The van der Waals surface area contributed by atoms with Crippen molar-refractivity contribution in [1.82, 2.24) is 4.90 Å². The zero-order chi connectivity index (χ0) is 16.9. The van der Waals surface area contributed by atoms with E-state index in [0.717, 1.165) is 6.42 Å². The second-order valence-corrected chi connectivity index (χ2v) is 6.43. The highest BCUT2D eigenvalue weighted by atomic mass is 16.5. The van der Waals surface area contributed by atoms with Crippen molar-refractivity contribution in [3.05, 3.63) is 29.8 Å². The molecule has 1 heterocycles. The molecule has 2 rings (SSSR count). The van der Waals surface area contributed by atoms with E-state index in [0.29, 0.717) is 44.2 Å². The molecule has 1 unspecified atom stereocenters. The number of para-hydroxylation sites is 1. The lowest BCUT2D eigenvalue weighted by Crippen LogP contribution is -2.35. The third-order valence-corrected chi connectivity index (χ3v) is 4.28. The molecule has 1 aliphatic rings. The SMILES string of the molecule is CCOCCOc1ccccc1C(=O)N1CCC(C(C)(C)O)C1. The molecule has 128 valence electrons. The molecule has 0 aromatic heterocycles. The molecule has 0 aliphatic carbocycles. The number of aliphatic hydroxyl groups is 1. The number of carbonyl (C=O) groups excluding carboxylic acids is 1. The molecule has 1 saturated heterocycles. The molecular formula is C18H27NO4. The fourth-order valence-electron chi connectivity index (χ4n) is 2.82. The zero-order valence-electron chi connectivity index (χ0n) is 14.2.